The van der Waals surface area contributed by atoms with E-state index >= 15 is 0 Å². The fourth-order valence-electron chi connectivity index (χ4n) is 4.92. The lowest BCUT2D eigenvalue weighted by molar-refractivity contribution is -0.164. The molecule has 0 aromatic heterocycles. The van der Waals surface area contributed by atoms with Crippen LogP contribution in [0.15, 0.2) is 12.2 Å². The molecule has 1 heterocycles. The molecule has 4 rings (SSSR count). The topological polar surface area (TPSA) is 72.9 Å². The van der Waals surface area contributed by atoms with E-state index in [0.29, 0.717) is 0 Å². The Morgan fingerprint density at radius 3 is 2.25 bits per heavy atom. The van der Waals surface area contributed by atoms with E-state index < -0.39 is 5.97 Å². The number of fused-ring (bicyclic) bond motifs is 5. The van der Waals surface area contributed by atoms with Crippen LogP contribution < -0.4 is 0 Å². The van der Waals surface area contributed by atoms with E-state index in [9.17, 15) is 14.4 Å². The summed E-state index contributed by atoms with van der Waals surface area (Å²) in [5, 5.41) is 0. The average molecular weight is 333 g/mol. The zero-order valence-electron chi connectivity index (χ0n) is 13.8. The monoisotopic (exact) mass is 333 g/mol. The quantitative estimate of drug-likeness (QED) is 0.440. The second-order valence-corrected chi connectivity index (χ2v) is 7.35. The van der Waals surface area contributed by atoms with E-state index in [4.69, 9.17) is 9.47 Å². The minimum absolute atomic E-state index is 0.0906. The van der Waals surface area contributed by atoms with Crippen LogP contribution in [0.4, 0.5) is 0 Å². The van der Waals surface area contributed by atoms with Crippen molar-refractivity contribution in [2.75, 3.05) is 13.7 Å². The van der Waals surface area contributed by atoms with Gasteiger partial charge in [0.1, 0.15) is 12.6 Å². The summed E-state index contributed by atoms with van der Waals surface area (Å²) in [6.45, 7) is -0.267. The first-order valence-corrected chi connectivity index (χ1v) is 8.86. The standard InChI is InChI=1S/C18H23NO5/c1-23-12-4-2-3-5-13(12)24-14(20)9-19-17(21)15-10-6-7-11(8-10)16(15)18(19)22/h6-7,10-13,15-16H,2-5,8-9H2,1H3/t10-,11-,12+,13-,15-,16-/m0/s1. The highest BCUT2D eigenvalue weighted by Gasteiger charge is 2.59. The van der Waals surface area contributed by atoms with Crippen molar-refractivity contribution in [2.45, 2.75) is 44.3 Å². The third-order valence-corrected chi connectivity index (χ3v) is 6.08. The highest BCUT2D eigenvalue weighted by Crippen LogP contribution is 2.52. The Kier molecular flexibility index (Phi) is 3.95. The third kappa shape index (κ3) is 2.39. The van der Waals surface area contributed by atoms with Crippen LogP contribution >= 0.6 is 0 Å². The summed E-state index contributed by atoms with van der Waals surface area (Å²) in [4.78, 5) is 38.5. The maximum Gasteiger partial charge on any atom is 0.326 e. The number of ether oxygens (including phenoxy) is 2. The van der Waals surface area contributed by atoms with Gasteiger partial charge >= 0.3 is 5.97 Å². The molecule has 6 heteroatoms. The Morgan fingerprint density at radius 2 is 1.67 bits per heavy atom. The molecule has 2 amide bonds. The van der Waals surface area contributed by atoms with Crippen molar-refractivity contribution in [3.8, 4) is 0 Å². The number of rotatable bonds is 4. The van der Waals surface area contributed by atoms with Crippen molar-refractivity contribution in [1.82, 2.24) is 4.90 Å². The first-order chi connectivity index (χ1) is 11.6. The number of carbonyl (C=O) groups is 3. The van der Waals surface area contributed by atoms with Gasteiger partial charge in [-0.05, 0) is 37.5 Å². The van der Waals surface area contributed by atoms with Crippen molar-refractivity contribution in [1.29, 1.82) is 0 Å². The van der Waals surface area contributed by atoms with Gasteiger partial charge in [0.25, 0.3) is 0 Å². The molecular weight excluding hydrogens is 310 g/mol. The lowest BCUT2D eigenvalue weighted by Gasteiger charge is -2.30. The Hall–Kier alpha value is -1.69. The number of carbonyl (C=O) groups excluding carboxylic acids is 3. The van der Waals surface area contributed by atoms with Gasteiger partial charge < -0.3 is 9.47 Å². The molecule has 1 aliphatic heterocycles. The highest BCUT2D eigenvalue weighted by molar-refractivity contribution is 6.08. The van der Waals surface area contributed by atoms with Crippen LogP contribution in [0.2, 0.25) is 0 Å². The van der Waals surface area contributed by atoms with Crippen molar-refractivity contribution >= 4 is 17.8 Å². The minimum atomic E-state index is -0.508. The first-order valence-electron chi connectivity index (χ1n) is 8.86. The van der Waals surface area contributed by atoms with Crippen molar-refractivity contribution in [3.05, 3.63) is 12.2 Å². The summed E-state index contributed by atoms with van der Waals surface area (Å²) < 4.78 is 10.9. The molecule has 0 spiro atoms. The maximum absolute atomic E-state index is 12.6. The van der Waals surface area contributed by atoms with E-state index in [1.54, 1.807) is 7.11 Å². The Morgan fingerprint density at radius 1 is 1.08 bits per heavy atom. The smallest absolute Gasteiger partial charge is 0.326 e. The second-order valence-electron chi connectivity index (χ2n) is 7.35. The molecule has 0 aromatic carbocycles. The average Bonchev–Trinajstić information content (AvgIpc) is 3.25. The fraction of sp³-hybridized carbons (Fsp3) is 0.722. The zero-order chi connectivity index (χ0) is 16.8. The van der Waals surface area contributed by atoms with Gasteiger partial charge in [-0.25, -0.2) is 0 Å². The number of hydrogen-bond donors (Lipinski definition) is 0. The normalized spacial score (nSPS) is 40.3. The van der Waals surface area contributed by atoms with E-state index in [0.717, 1.165) is 37.0 Å². The first kappa shape index (κ1) is 15.8. The van der Waals surface area contributed by atoms with E-state index in [2.05, 4.69) is 0 Å². The fourth-order valence-corrected chi connectivity index (χ4v) is 4.92. The Bertz CT molecular complexity index is 570. The number of esters is 1. The predicted octanol–water partition coefficient (Wildman–Crippen LogP) is 1.29. The van der Waals surface area contributed by atoms with Gasteiger partial charge in [0.2, 0.25) is 11.8 Å². The van der Waals surface area contributed by atoms with Crippen LogP contribution in [0.1, 0.15) is 32.1 Å². The molecule has 0 aromatic rings. The van der Waals surface area contributed by atoms with Gasteiger partial charge in [-0.15, -0.1) is 0 Å². The van der Waals surface area contributed by atoms with Gasteiger partial charge in [0, 0.05) is 7.11 Å². The number of hydrogen-bond acceptors (Lipinski definition) is 5. The Balaban J connectivity index is 1.40. The summed E-state index contributed by atoms with van der Waals surface area (Å²) in [7, 11) is 1.62. The maximum atomic E-state index is 12.6. The van der Waals surface area contributed by atoms with Gasteiger partial charge in [0.15, 0.2) is 0 Å². The van der Waals surface area contributed by atoms with Gasteiger partial charge in [-0.2, -0.15) is 0 Å². The number of likely N-dealkylation sites (tertiary alicyclic amines) is 1. The van der Waals surface area contributed by atoms with Crippen LogP contribution in [-0.4, -0.2) is 48.5 Å². The van der Waals surface area contributed by atoms with Gasteiger partial charge in [-0.3, -0.25) is 19.3 Å². The molecule has 3 fully saturated rings. The second kappa shape index (κ2) is 5.99. The van der Waals surface area contributed by atoms with Gasteiger partial charge in [0.05, 0.1) is 17.9 Å². The van der Waals surface area contributed by atoms with Crippen LogP contribution in [0, 0.1) is 23.7 Å². The molecule has 4 aliphatic rings. The molecular formula is C18H23NO5. The largest absolute Gasteiger partial charge is 0.458 e. The van der Waals surface area contributed by atoms with Crippen LogP contribution in [0.3, 0.4) is 0 Å². The number of allylic oxidation sites excluding steroid dienone is 2. The van der Waals surface area contributed by atoms with Gasteiger partial charge in [-0.1, -0.05) is 18.6 Å². The molecule has 130 valence electrons. The zero-order valence-corrected chi connectivity index (χ0v) is 13.8. The molecule has 2 bridgehead atoms. The van der Waals surface area contributed by atoms with Crippen LogP contribution in [0.5, 0.6) is 0 Å². The number of nitrogens with zero attached hydrogens (tertiary/aromatic N) is 1. The SMILES string of the molecule is CO[C@@H]1CCCC[C@@H]1OC(=O)CN1C(=O)[C@@H]2[C@@H](C1=O)[C@H]1C=C[C@H]2C1. The molecule has 6 nitrogen and oxygen atoms in total. The highest BCUT2D eigenvalue weighted by atomic mass is 16.6. The molecule has 6 atom stereocenters. The predicted molar refractivity (Wildman–Crippen MR) is 83.6 cm³/mol. The summed E-state index contributed by atoms with van der Waals surface area (Å²) >= 11 is 0. The van der Waals surface area contributed by atoms with E-state index in [1.165, 1.54) is 0 Å². The third-order valence-electron chi connectivity index (χ3n) is 6.08. The summed E-state index contributed by atoms with van der Waals surface area (Å²) in [6, 6.07) is 0. The summed E-state index contributed by atoms with van der Waals surface area (Å²) in [5.74, 6) is -1.12. The Labute approximate surface area is 141 Å². The molecule has 0 radical (unpaired) electrons. The van der Waals surface area contributed by atoms with Crippen molar-refractivity contribution < 1.29 is 23.9 Å². The number of imide groups is 1. The molecule has 3 aliphatic carbocycles. The van der Waals surface area contributed by atoms with Crippen LogP contribution in [0.25, 0.3) is 0 Å². The van der Waals surface area contributed by atoms with E-state index in [1.807, 2.05) is 12.2 Å². The van der Waals surface area contributed by atoms with Crippen molar-refractivity contribution in [3.63, 3.8) is 0 Å². The number of amides is 2. The summed E-state index contributed by atoms with van der Waals surface area (Å²) in [6.07, 6.45) is 8.32. The van der Waals surface area contributed by atoms with Crippen molar-refractivity contribution in [2.24, 2.45) is 23.7 Å². The minimum Gasteiger partial charge on any atom is -0.458 e. The number of methoxy groups -OCH3 is 1. The molecule has 2 saturated carbocycles. The van der Waals surface area contributed by atoms with Crippen LogP contribution in [-0.2, 0) is 23.9 Å². The lowest BCUT2D eigenvalue weighted by atomic mass is 9.85. The lowest BCUT2D eigenvalue weighted by Crippen LogP contribution is -2.41. The molecule has 0 N–H and O–H groups in total. The van der Waals surface area contributed by atoms with E-state index in [-0.39, 0.29) is 54.2 Å². The molecule has 0 unspecified atom stereocenters. The summed E-state index contributed by atoms with van der Waals surface area (Å²) in [5.41, 5.74) is 0. The molecule has 24 heavy (non-hydrogen) atoms. The molecule has 1 saturated heterocycles.